The van der Waals surface area contributed by atoms with Gasteiger partial charge in [0.1, 0.15) is 0 Å². The van der Waals surface area contributed by atoms with Crippen molar-refractivity contribution in [3.8, 4) is 11.1 Å². The maximum absolute atomic E-state index is 10.3. The fraction of sp³-hybridized carbons (Fsp3) is 0.655. The lowest BCUT2D eigenvalue weighted by Crippen LogP contribution is -2.48. The van der Waals surface area contributed by atoms with E-state index in [2.05, 4.69) is 32.7 Å². The third kappa shape index (κ3) is 7.36. The molecule has 5 rings (SSSR count). The van der Waals surface area contributed by atoms with Crippen LogP contribution in [0, 0.1) is 11.8 Å². The largest absolute Gasteiger partial charge is 0.392 e. The van der Waals surface area contributed by atoms with Crippen molar-refractivity contribution in [2.75, 3.05) is 25.1 Å². The molecule has 6 nitrogen and oxygen atoms in total. The number of hydrogen-bond acceptors (Lipinski definition) is 6. The Hall–Kier alpha value is -1.44. The van der Waals surface area contributed by atoms with Gasteiger partial charge >= 0.3 is 0 Å². The summed E-state index contributed by atoms with van der Waals surface area (Å²) >= 11 is 13.0. The number of nitrogens with one attached hydrogen (secondary N) is 2. The Morgan fingerprint density at radius 2 is 1.68 bits per heavy atom. The van der Waals surface area contributed by atoms with E-state index in [4.69, 9.17) is 27.9 Å². The summed E-state index contributed by atoms with van der Waals surface area (Å²) in [5, 5.41) is 18.7. The Balaban J connectivity index is 1.18. The molecule has 3 aliphatic rings. The minimum Gasteiger partial charge on any atom is -0.392 e. The Kier molecular flexibility index (Phi) is 9.59. The SMILES string of the molecule is O[C@H]1CCCC[C@@H]1NC1CCC(Cc2cc(-c3cnc(Cl)c(NCC4CCOCC4)c3)c(Cl)cn2)CC1. The number of halogens is 2. The number of aliphatic hydroxyl groups is 1. The molecule has 0 aromatic carbocycles. The molecule has 1 saturated heterocycles. The fourth-order valence-corrected chi connectivity index (χ4v) is 6.56. The van der Waals surface area contributed by atoms with Gasteiger partial charge in [0.25, 0.3) is 0 Å². The molecule has 8 heteroatoms. The molecule has 0 radical (unpaired) electrons. The molecular formula is C29H40Cl2N4O2. The van der Waals surface area contributed by atoms with Crippen LogP contribution in [0.2, 0.25) is 10.2 Å². The van der Waals surface area contributed by atoms with Crippen LogP contribution in [-0.4, -0.2) is 53.0 Å². The molecule has 3 heterocycles. The molecule has 0 bridgehead atoms. The molecule has 0 unspecified atom stereocenters. The number of anilines is 1. The highest BCUT2D eigenvalue weighted by Gasteiger charge is 2.28. The van der Waals surface area contributed by atoms with Crippen molar-refractivity contribution >= 4 is 28.9 Å². The minimum absolute atomic E-state index is 0.178. The zero-order valence-corrected chi connectivity index (χ0v) is 23.1. The Morgan fingerprint density at radius 3 is 2.46 bits per heavy atom. The lowest BCUT2D eigenvalue weighted by molar-refractivity contribution is 0.0699. The van der Waals surface area contributed by atoms with Crippen LogP contribution in [0.15, 0.2) is 24.5 Å². The average molecular weight is 548 g/mol. The normalized spacial score (nSPS) is 27.2. The molecule has 3 N–H and O–H groups in total. The van der Waals surface area contributed by atoms with Gasteiger partial charge in [-0.1, -0.05) is 36.0 Å². The van der Waals surface area contributed by atoms with E-state index in [9.17, 15) is 5.11 Å². The van der Waals surface area contributed by atoms with Crippen molar-refractivity contribution in [2.45, 2.75) is 88.8 Å². The minimum atomic E-state index is -0.178. The monoisotopic (exact) mass is 546 g/mol. The van der Waals surface area contributed by atoms with Gasteiger partial charge in [0.15, 0.2) is 5.15 Å². The van der Waals surface area contributed by atoms with Crippen LogP contribution in [0.25, 0.3) is 11.1 Å². The summed E-state index contributed by atoms with van der Waals surface area (Å²) in [5.74, 6) is 1.21. The zero-order valence-electron chi connectivity index (χ0n) is 21.6. The van der Waals surface area contributed by atoms with Crippen molar-refractivity contribution in [2.24, 2.45) is 11.8 Å². The Morgan fingerprint density at radius 1 is 0.892 bits per heavy atom. The molecule has 37 heavy (non-hydrogen) atoms. The van der Waals surface area contributed by atoms with E-state index in [1.54, 1.807) is 12.4 Å². The van der Waals surface area contributed by atoms with Crippen LogP contribution in [0.1, 0.15) is 69.9 Å². The van der Waals surface area contributed by atoms with E-state index in [-0.39, 0.29) is 12.1 Å². The summed E-state index contributed by atoms with van der Waals surface area (Å²) in [7, 11) is 0. The third-order valence-electron chi connectivity index (χ3n) is 8.51. The number of aromatic nitrogens is 2. The van der Waals surface area contributed by atoms with Crippen molar-refractivity contribution in [3.05, 3.63) is 40.4 Å². The summed E-state index contributed by atoms with van der Waals surface area (Å²) in [6.45, 7) is 2.52. The maximum atomic E-state index is 10.3. The second-order valence-corrected chi connectivity index (χ2v) is 12.0. The van der Waals surface area contributed by atoms with E-state index in [1.807, 2.05) is 0 Å². The van der Waals surface area contributed by atoms with Gasteiger partial charge in [-0.2, -0.15) is 0 Å². The van der Waals surface area contributed by atoms with Gasteiger partial charge in [0, 0.05) is 61.1 Å². The quantitative estimate of drug-likeness (QED) is 0.338. The number of aliphatic hydroxyl groups excluding tert-OH is 1. The predicted molar refractivity (Wildman–Crippen MR) is 150 cm³/mol. The van der Waals surface area contributed by atoms with Gasteiger partial charge in [0.05, 0.1) is 16.8 Å². The van der Waals surface area contributed by atoms with E-state index in [0.717, 1.165) is 93.6 Å². The van der Waals surface area contributed by atoms with Crippen LogP contribution in [0.4, 0.5) is 5.69 Å². The lowest BCUT2D eigenvalue weighted by Gasteiger charge is -2.35. The number of hydrogen-bond donors (Lipinski definition) is 3. The second kappa shape index (κ2) is 13.1. The number of nitrogens with zero attached hydrogens (tertiary/aromatic N) is 2. The summed E-state index contributed by atoms with van der Waals surface area (Å²) in [6, 6.07) is 4.98. The van der Waals surface area contributed by atoms with E-state index < -0.39 is 0 Å². The molecule has 0 amide bonds. The zero-order chi connectivity index (χ0) is 25.6. The van der Waals surface area contributed by atoms with Gasteiger partial charge in [-0.05, 0) is 81.8 Å². The van der Waals surface area contributed by atoms with Gasteiger partial charge in [0.2, 0.25) is 0 Å². The van der Waals surface area contributed by atoms with Gasteiger partial charge in [-0.25, -0.2) is 4.98 Å². The highest BCUT2D eigenvalue weighted by Crippen LogP contribution is 2.34. The summed E-state index contributed by atoms with van der Waals surface area (Å²) in [5.41, 5.74) is 3.82. The maximum Gasteiger partial charge on any atom is 0.152 e. The summed E-state index contributed by atoms with van der Waals surface area (Å²) in [6.07, 6.45) is 15.6. The molecule has 202 valence electrons. The Bertz CT molecular complexity index is 1020. The molecule has 2 atom stereocenters. The van der Waals surface area contributed by atoms with Crippen LogP contribution < -0.4 is 10.6 Å². The first-order valence-corrected chi connectivity index (χ1v) is 14.9. The number of ether oxygens (including phenoxy) is 1. The van der Waals surface area contributed by atoms with Crippen molar-refractivity contribution in [1.82, 2.24) is 15.3 Å². The molecule has 0 spiro atoms. The standard InChI is InChI=1S/C29H40Cl2N4O2/c30-25-18-32-23(13-19-5-7-22(8-6-19)35-26-3-1-2-4-28(26)36)15-24(25)21-14-27(29(31)34-17-21)33-16-20-9-11-37-12-10-20/h14-15,17-20,22,26,28,33,35-36H,1-13,16H2/t19?,22?,26-,28-/m0/s1. The van der Waals surface area contributed by atoms with Crippen LogP contribution in [-0.2, 0) is 11.2 Å². The summed E-state index contributed by atoms with van der Waals surface area (Å²) in [4.78, 5) is 9.11. The van der Waals surface area contributed by atoms with Crippen LogP contribution in [0.3, 0.4) is 0 Å². The van der Waals surface area contributed by atoms with Gasteiger partial charge < -0.3 is 20.5 Å². The van der Waals surface area contributed by atoms with Gasteiger partial charge in [-0.3, -0.25) is 4.98 Å². The predicted octanol–water partition coefficient (Wildman–Crippen LogP) is 6.28. The van der Waals surface area contributed by atoms with E-state index in [1.165, 1.54) is 19.3 Å². The summed E-state index contributed by atoms with van der Waals surface area (Å²) < 4.78 is 5.47. The topological polar surface area (TPSA) is 79.3 Å². The highest BCUT2D eigenvalue weighted by molar-refractivity contribution is 6.33. The van der Waals surface area contributed by atoms with Crippen molar-refractivity contribution in [1.29, 1.82) is 0 Å². The Labute approximate surface area is 230 Å². The van der Waals surface area contributed by atoms with Gasteiger partial charge in [-0.15, -0.1) is 0 Å². The molecule has 1 aliphatic heterocycles. The van der Waals surface area contributed by atoms with E-state index in [0.29, 0.717) is 28.1 Å². The first-order valence-electron chi connectivity index (χ1n) is 14.1. The molecular weight excluding hydrogens is 507 g/mol. The first kappa shape index (κ1) is 27.1. The molecule has 2 aromatic heterocycles. The highest BCUT2D eigenvalue weighted by atomic mass is 35.5. The average Bonchev–Trinajstić information content (AvgIpc) is 2.92. The molecule has 2 aromatic rings. The third-order valence-corrected chi connectivity index (χ3v) is 9.11. The number of rotatable bonds is 8. The van der Waals surface area contributed by atoms with E-state index >= 15 is 0 Å². The fourth-order valence-electron chi connectivity index (χ4n) is 6.18. The first-order chi connectivity index (χ1) is 18.0. The second-order valence-electron chi connectivity index (χ2n) is 11.2. The smallest absolute Gasteiger partial charge is 0.152 e. The van der Waals surface area contributed by atoms with Crippen LogP contribution in [0.5, 0.6) is 0 Å². The van der Waals surface area contributed by atoms with Crippen molar-refractivity contribution in [3.63, 3.8) is 0 Å². The lowest BCUT2D eigenvalue weighted by atomic mass is 9.82. The molecule has 2 saturated carbocycles. The van der Waals surface area contributed by atoms with Crippen LogP contribution >= 0.6 is 23.2 Å². The number of pyridine rings is 2. The van der Waals surface area contributed by atoms with Crippen molar-refractivity contribution < 1.29 is 9.84 Å². The molecule has 2 aliphatic carbocycles. The molecule has 3 fully saturated rings.